The van der Waals surface area contributed by atoms with E-state index in [9.17, 15) is 9.59 Å². The molecule has 0 saturated carbocycles. The van der Waals surface area contributed by atoms with Gasteiger partial charge in [0.1, 0.15) is 0 Å². The first kappa shape index (κ1) is 15.6. The molecule has 2 aliphatic rings. The molecule has 6 nitrogen and oxygen atoms in total. The van der Waals surface area contributed by atoms with Crippen LogP contribution in [0.5, 0.6) is 0 Å². The molecule has 3 rings (SSSR count). The molecule has 2 heterocycles. The molecule has 0 N–H and O–H groups in total. The lowest BCUT2D eigenvalue weighted by atomic mass is 9.78. The second-order valence-electron chi connectivity index (χ2n) is 5.67. The fourth-order valence-corrected chi connectivity index (χ4v) is 3.18. The van der Waals surface area contributed by atoms with Crippen molar-refractivity contribution in [1.82, 2.24) is 0 Å². The smallest absolute Gasteiger partial charge is 0.455 e. The Labute approximate surface area is 134 Å². The predicted octanol–water partition coefficient (Wildman–Crippen LogP) is 2.75. The fraction of sp³-hybridized carbons (Fsp3) is 0.412. The molecule has 0 amide bonds. The molecule has 3 atom stereocenters. The van der Waals surface area contributed by atoms with Gasteiger partial charge < -0.3 is 18.9 Å². The minimum absolute atomic E-state index is 0.0371. The summed E-state index contributed by atoms with van der Waals surface area (Å²) in [6.07, 6.45) is 1.45. The minimum Gasteiger partial charge on any atom is -0.455 e. The zero-order chi connectivity index (χ0) is 16.4. The summed E-state index contributed by atoms with van der Waals surface area (Å²) in [7, 11) is 1.13. The molecular formula is C17H18O6. The zero-order valence-electron chi connectivity index (χ0n) is 13.0. The molecule has 23 heavy (non-hydrogen) atoms. The monoisotopic (exact) mass is 318 g/mol. The molecule has 1 aromatic rings. The van der Waals surface area contributed by atoms with Crippen LogP contribution in [0.15, 0.2) is 42.2 Å². The molecule has 0 spiro atoms. The van der Waals surface area contributed by atoms with Gasteiger partial charge >= 0.3 is 12.1 Å². The highest BCUT2D eigenvalue weighted by Crippen LogP contribution is 2.48. The summed E-state index contributed by atoms with van der Waals surface area (Å²) in [5.41, 5.74) is 1.06. The number of carbonyl (C=O) groups excluding carboxylic acids is 2. The molecule has 6 heteroatoms. The Kier molecular flexibility index (Phi) is 4.09. The average Bonchev–Trinajstić information content (AvgIpc) is 2.95. The van der Waals surface area contributed by atoms with Gasteiger partial charge in [-0.05, 0) is 18.1 Å². The van der Waals surface area contributed by atoms with Gasteiger partial charge in [0.2, 0.25) is 11.5 Å². The number of carbonyl (C=O) groups is 2. The van der Waals surface area contributed by atoms with Crippen LogP contribution in [0.3, 0.4) is 0 Å². The van der Waals surface area contributed by atoms with E-state index in [-0.39, 0.29) is 17.6 Å². The normalized spacial score (nSPS) is 29.0. The van der Waals surface area contributed by atoms with Crippen LogP contribution in [0.1, 0.15) is 24.8 Å². The van der Waals surface area contributed by atoms with Crippen molar-refractivity contribution in [3.8, 4) is 0 Å². The van der Waals surface area contributed by atoms with Crippen molar-refractivity contribution < 1.29 is 28.5 Å². The molecule has 0 unspecified atom stereocenters. The van der Waals surface area contributed by atoms with E-state index < -0.39 is 17.9 Å². The lowest BCUT2D eigenvalue weighted by molar-refractivity contribution is -0.209. The van der Waals surface area contributed by atoms with Gasteiger partial charge in [0, 0.05) is 18.8 Å². The number of fused-ring (bicyclic) bond motifs is 1. The van der Waals surface area contributed by atoms with Crippen LogP contribution in [-0.4, -0.2) is 31.6 Å². The van der Waals surface area contributed by atoms with Crippen LogP contribution < -0.4 is 0 Å². The van der Waals surface area contributed by atoms with Gasteiger partial charge in [0.15, 0.2) is 0 Å². The standard InChI is InChI=1S/C17H18O6/c1-17-13(8-9-21-17)12(11-6-4-3-5-7-11)10-14(23-17)15(18)22-16(19)20-2/h3-7,10,12-13H,8-9H2,1-2H3/t12-,13+,17-/m1/s1. The Balaban J connectivity index is 1.94. The number of hydrogen-bond acceptors (Lipinski definition) is 6. The van der Waals surface area contributed by atoms with Gasteiger partial charge in [-0.1, -0.05) is 30.3 Å². The molecule has 0 aliphatic carbocycles. The summed E-state index contributed by atoms with van der Waals surface area (Å²) in [5.74, 6) is -1.81. The fourth-order valence-electron chi connectivity index (χ4n) is 3.18. The van der Waals surface area contributed by atoms with E-state index >= 15 is 0 Å². The van der Waals surface area contributed by atoms with E-state index in [4.69, 9.17) is 9.47 Å². The molecular weight excluding hydrogens is 300 g/mol. The summed E-state index contributed by atoms with van der Waals surface area (Å²) in [6.45, 7) is 2.36. The van der Waals surface area contributed by atoms with Gasteiger partial charge in [-0.2, -0.15) is 0 Å². The summed E-state index contributed by atoms with van der Waals surface area (Å²) < 4.78 is 20.3. The highest BCUT2D eigenvalue weighted by molar-refractivity contribution is 5.93. The van der Waals surface area contributed by atoms with Crippen molar-refractivity contribution in [2.45, 2.75) is 25.0 Å². The van der Waals surface area contributed by atoms with E-state index in [2.05, 4.69) is 9.47 Å². The van der Waals surface area contributed by atoms with Crippen LogP contribution in [0, 0.1) is 5.92 Å². The van der Waals surface area contributed by atoms with Gasteiger partial charge in [0.05, 0.1) is 13.7 Å². The third-order valence-electron chi connectivity index (χ3n) is 4.30. The van der Waals surface area contributed by atoms with Crippen LogP contribution >= 0.6 is 0 Å². The molecule has 1 fully saturated rings. The second-order valence-corrected chi connectivity index (χ2v) is 5.67. The largest absolute Gasteiger partial charge is 0.516 e. The number of ether oxygens (including phenoxy) is 4. The topological polar surface area (TPSA) is 71.1 Å². The van der Waals surface area contributed by atoms with Gasteiger partial charge in [0.25, 0.3) is 0 Å². The van der Waals surface area contributed by atoms with E-state index in [0.717, 1.165) is 19.1 Å². The molecule has 122 valence electrons. The van der Waals surface area contributed by atoms with Crippen LogP contribution in [0.25, 0.3) is 0 Å². The molecule has 0 radical (unpaired) electrons. The zero-order valence-corrected chi connectivity index (χ0v) is 13.0. The Morgan fingerprint density at radius 1 is 1.26 bits per heavy atom. The first-order valence-corrected chi connectivity index (χ1v) is 7.43. The number of methoxy groups -OCH3 is 1. The summed E-state index contributed by atoms with van der Waals surface area (Å²) in [4.78, 5) is 23.2. The van der Waals surface area contributed by atoms with Crippen molar-refractivity contribution in [2.75, 3.05) is 13.7 Å². The van der Waals surface area contributed by atoms with Crippen LogP contribution in [0.2, 0.25) is 0 Å². The Bertz CT molecular complexity index is 638. The summed E-state index contributed by atoms with van der Waals surface area (Å²) in [6, 6.07) is 9.81. The van der Waals surface area contributed by atoms with Gasteiger partial charge in [-0.25, -0.2) is 9.59 Å². The maximum atomic E-state index is 12.1. The van der Waals surface area contributed by atoms with E-state index in [1.54, 1.807) is 13.0 Å². The van der Waals surface area contributed by atoms with Crippen molar-refractivity contribution in [1.29, 1.82) is 0 Å². The third-order valence-corrected chi connectivity index (χ3v) is 4.30. The Morgan fingerprint density at radius 3 is 2.70 bits per heavy atom. The highest BCUT2D eigenvalue weighted by atomic mass is 16.8. The van der Waals surface area contributed by atoms with Crippen molar-refractivity contribution in [2.24, 2.45) is 5.92 Å². The Hall–Kier alpha value is -2.34. The van der Waals surface area contributed by atoms with Crippen molar-refractivity contribution >= 4 is 12.1 Å². The van der Waals surface area contributed by atoms with E-state index in [1.165, 1.54) is 0 Å². The molecule has 1 aromatic carbocycles. The first-order valence-electron chi connectivity index (χ1n) is 7.43. The molecule has 1 saturated heterocycles. The number of esters is 1. The first-order chi connectivity index (χ1) is 11.0. The second kappa shape index (κ2) is 6.04. The molecule has 0 bridgehead atoms. The quantitative estimate of drug-likeness (QED) is 0.617. The van der Waals surface area contributed by atoms with Crippen molar-refractivity contribution in [3.05, 3.63) is 47.7 Å². The summed E-state index contributed by atoms with van der Waals surface area (Å²) in [5, 5.41) is 0. The predicted molar refractivity (Wildman–Crippen MR) is 79.3 cm³/mol. The van der Waals surface area contributed by atoms with Crippen LogP contribution in [-0.2, 0) is 23.7 Å². The van der Waals surface area contributed by atoms with E-state index in [0.29, 0.717) is 6.61 Å². The number of rotatable bonds is 2. The lowest BCUT2D eigenvalue weighted by Crippen LogP contribution is -2.42. The molecule has 0 aromatic heterocycles. The maximum Gasteiger partial charge on any atom is 0.516 e. The van der Waals surface area contributed by atoms with Crippen LogP contribution in [0.4, 0.5) is 4.79 Å². The SMILES string of the molecule is COC(=O)OC(=O)C1=C[C@H](c2ccccc2)[C@@H]2CCO[C@]2(C)O1. The maximum absolute atomic E-state index is 12.1. The molecule has 2 aliphatic heterocycles. The lowest BCUT2D eigenvalue weighted by Gasteiger charge is -2.39. The third kappa shape index (κ3) is 2.94. The van der Waals surface area contributed by atoms with Crippen molar-refractivity contribution in [3.63, 3.8) is 0 Å². The number of allylic oxidation sites excluding steroid dienone is 1. The van der Waals surface area contributed by atoms with Gasteiger partial charge in [-0.15, -0.1) is 0 Å². The minimum atomic E-state index is -1.07. The average molecular weight is 318 g/mol. The van der Waals surface area contributed by atoms with E-state index in [1.807, 2.05) is 30.3 Å². The highest BCUT2D eigenvalue weighted by Gasteiger charge is 2.51. The van der Waals surface area contributed by atoms with Gasteiger partial charge in [-0.3, -0.25) is 0 Å². The number of hydrogen-bond donors (Lipinski definition) is 0. The Morgan fingerprint density at radius 2 is 2.00 bits per heavy atom. The number of benzene rings is 1. The summed E-state index contributed by atoms with van der Waals surface area (Å²) >= 11 is 0.